The maximum atomic E-state index is 11.6. The van der Waals surface area contributed by atoms with Crippen LogP contribution in [0.3, 0.4) is 0 Å². The van der Waals surface area contributed by atoms with E-state index < -0.39 is 12.2 Å². The Morgan fingerprint density at radius 2 is 1.82 bits per heavy atom. The standard InChI is InChI=1S/C13H27NO3/c1-9(2)6-7-17-11(5)13(16)14-8-12(15)10(3)4/h9-12,15H,6-8H2,1-5H3,(H,14,16). The minimum absolute atomic E-state index is 0.146. The fraction of sp³-hybridized carbons (Fsp3) is 0.923. The van der Waals surface area contributed by atoms with Crippen LogP contribution in [0.25, 0.3) is 0 Å². The van der Waals surface area contributed by atoms with Crippen molar-refractivity contribution in [3.8, 4) is 0 Å². The molecule has 2 atom stereocenters. The Bertz CT molecular complexity index is 217. The van der Waals surface area contributed by atoms with E-state index in [1.54, 1.807) is 6.92 Å². The third-order valence-electron chi connectivity index (χ3n) is 2.69. The van der Waals surface area contributed by atoms with Gasteiger partial charge in [0, 0.05) is 13.2 Å². The van der Waals surface area contributed by atoms with E-state index in [0.717, 1.165) is 6.42 Å². The Morgan fingerprint density at radius 3 is 2.29 bits per heavy atom. The molecule has 0 aliphatic rings. The maximum absolute atomic E-state index is 11.6. The molecule has 17 heavy (non-hydrogen) atoms. The zero-order chi connectivity index (χ0) is 13.4. The van der Waals surface area contributed by atoms with Crippen LogP contribution >= 0.6 is 0 Å². The summed E-state index contributed by atoms with van der Waals surface area (Å²) in [6, 6.07) is 0. The van der Waals surface area contributed by atoms with Crippen molar-refractivity contribution in [2.24, 2.45) is 11.8 Å². The number of carbonyl (C=O) groups excluding carboxylic acids is 1. The van der Waals surface area contributed by atoms with Gasteiger partial charge in [0.05, 0.1) is 6.10 Å². The van der Waals surface area contributed by atoms with Gasteiger partial charge in [0.2, 0.25) is 5.91 Å². The highest BCUT2D eigenvalue weighted by Crippen LogP contribution is 2.02. The summed E-state index contributed by atoms with van der Waals surface area (Å²) in [5.74, 6) is 0.564. The molecular formula is C13H27NO3. The van der Waals surface area contributed by atoms with Crippen molar-refractivity contribution in [1.29, 1.82) is 0 Å². The van der Waals surface area contributed by atoms with Crippen LogP contribution in [0.2, 0.25) is 0 Å². The lowest BCUT2D eigenvalue weighted by molar-refractivity contribution is -0.132. The molecule has 2 N–H and O–H groups in total. The van der Waals surface area contributed by atoms with Gasteiger partial charge in [-0.15, -0.1) is 0 Å². The van der Waals surface area contributed by atoms with Gasteiger partial charge in [0.25, 0.3) is 0 Å². The Morgan fingerprint density at radius 1 is 1.24 bits per heavy atom. The van der Waals surface area contributed by atoms with E-state index in [0.29, 0.717) is 12.5 Å². The fourth-order valence-electron chi connectivity index (χ4n) is 1.14. The van der Waals surface area contributed by atoms with Crippen LogP contribution in [0.15, 0.2) is 0 Å². The average molecular weight is 245 g/mol. The first kappa shape index (κ1) is 16.4. The van der Waals surface area contributed by atoms with Crippen LogP contribution in [0.4, 0.5) is 0 Å². The molecule has 0 aliphatic heterocycles. The highest BCUT2D eigenvalue weighted by Gasteiger charge is 2.15. The fourth-order valence-corrected chi connectivity index (χ4v) is 1.14. The van der Waals surface area contributed by atoms with Gasteiger partial charge in [-0.25, -0.2) is 0 Å². The molecule has 0 saturated heterocycles. The quantitative estimate of drug-likeness (QED) is 0.682. The summed E-state index contributed by atoms with van der Waals surface area (Å²) < 4.78 is 5.41. The van der Waals surface area contributed by atoms with Crippen molar-refractivity contribution >= 4 is 5.91 Å². The van der Waals surface area contributed by atoms with Gasteiger partial charge in [-0.2, -0.15) is 0 Å². The first-order valence-corrected chi connectivity index (χ1v) is 6.42. The second-order valence-corrected chi connectivity index (χ2v) is 5.25. The van der Waals surface area contributed by atoms with Crippen LogP contribution in [-0.2, 0) is 9.53 Å². The molecule has 0 rings (SSSR count). The Hall–Kier alpha value is -0.610. The minimum Gasteiger partial charge on any atom is -0.391 e. The Kier molecular flexibility index (Phi) is 8.17. The van der Waals surface area contributed by atoms with E-state index in [-0.39, 0.29) is 18.4 Å². The SMILES string of the molecule is CC(C)CCOC(C)C(=O)NCC(O)C(C)C. The summed E-state index contributed by atoms with van der Waals surface area (Å²) in [4.78, 5) is 11.6. The third-order valence-corrected chi connectivity index (χ3v) is 2.69. The summed E-state index contributed by atoms with van der Waals surface area (Å²) in [5, 5.41) is 12.2. The van der Waals surface area contributed by atoms with E-state index in [1.165, 1.54) is 0 Å². The van der Waals surface area contributed by atoms with Gasteiger partial charge in [-0.3, -0.25) is 4.79 Å². The van der Waals surface area contributed by atoms with Crippen molar-refractivity contribution in [3.63, 3.8) is 0 Å². The van der Waals surface area contributed by atoms with Gasteiger partial charge in [-0.05, 0) is 25.2 Å². The summed E-state index contributed by atoms with van der Waals surface area (Å²) in [5.41, 5.74) is 0. The number of aliphatic hydroxyl groups is 1. The molecule has 0 aromatic carbocycles. The molecule has 0 fully saturated rings. The number of amides is 1. The zero-order valence-corrected chi connectivity index (χ0v) is 11.7. The molecule has 0 saturated carbocycles. The smallest absolute Gasteiger partial charge is 0.248 e. The van der Waals surface area contributed by atoms with Crippen LogP contribution < -0.4 is 5.32 Å². The monoisotopic (exact) mass is 245 g/mol. The highest BCUT2D eigenvalue weighted by atomic mass is 16.5. The largest absolute Gasteiger partial charge is 0.391 e. The van der Waals surface area contributed by atoms with Crippen LogP contribution in [-0.4, -0.2) is 36.4 Å². The third kappa shape index (κ3) is 8.16. The molecule has 0 bridgehead atoms. The molecule has 0 aliphatic carbocycles. The summed E-state index contributed by atoms with van der Waals surface area (Å²) >= 11 is 0. The summed E-state index contributed by atoms with van der Waals surface area (Å²) in [6.07, 6.45) is 0.00149. The topological polar surface area (TPSA) is 58.6 Å². The van der Waals surface area contributed by atoms with E-state index >= 15 is 0 Å². The number of hydrogen-bond donors (Lipinski definition) is 2. The summed E-state index contributed by atoms with van der Waals surface area (Å²) in [7, 11) is 0. The predicted molar refractivity (Wildman–Crippen MR) is 68.7 cm³/mol. The van der Waals surface area contributed by atoms with Gasteiger partial charge >= 0.3 is 0 Å². The molecule has 0 spiro atoms. The molecule has 0 aromatic rings. The zero-order valence-electron chi connectivity index (χ0n) is 11.7. The number of nitrogens with one attached hydrogen (secondary N) is 1. The number of rotatable bonds is 8. The van der Waals surface area contributed by atoms with Crippen LogP contribution in [0.5, 0.6) is 0 Å². The molecule has 4 nitrogen and oxygen atoms in total. The van der Waals surface area contributed by atoms with E-state index in [9.17, 15) is 9.90 Å². The molecular weight excluding hydrogens is 218 g/mol. The van der Waals surface area contributed by atoms with Gasteiger partial charge in [0.1, 0.15) is 6.10 Å². The predicted octanol–water partition coefficient (Wildman–Crippen LogP) is 1.57. The van der Waals surface area contributed by atoms with E-state index in [4.69, 9.17) is 4.74 Å². The second-order valence-electron chi connectivity index (χ2n) is 5.25. The molecule has 4 heteroatoms. The normalized spacial score (nSPS) is 15.1. The number of hydrogen-bond acceptors (Lipinski definition) is 3. The number of carbonyl (C=O) groups is 1. The average Bonchev–Trinajstić information content (AvgIpc) is 2.24. The molecule has 0 heterocycles. The first-order valence-electron chi connectivity index (χ1n) is 6.42. The van der Waals surface area contributed by atoms with Crippen molar-refractivity contribution in [1.82, 2.24) is 5.32 Å². The second kappa shape index (κ2) is 8.48. The summed E-state index contributed by atoms with van der Waals surface area (Å²) in [6.45, 7) is 10.7. The Balaban J connectivity index is 3.74. The molecule has 1 amide bonds. The van der Waals surface area contributed by atoms with E-state index in [2.05, 4.69) is 19.2 Å². The van der Waals surface area contributed by atoms with Gasteiger partial charge in [-0.1, -0.05) is 27.7 Å². The molecule has 102 valence electrons. The lowest BCUT2D eigenvalue weighted by Crippen LogP contribution is -2.40. The molecule has 0 radical (unpaired) electrons. The van der Waals surface area contributed by atoms with Crippen molar-refractivity contribution in [3.05, 3.63) is 0 Å². The maximum Gasteiger partial charge on any atom is 0.248 e. The van der Waals surface area contributed by atoms with Crippen LogP contribution in [0.1, 0.15) is 41.0 Å². The van der Waals surface area contributed by atoms with Gasteiger partial charge < -0.3 is 15.2 Å². The highest BCUT2D eigenvalue weighted by molar-refractivity contribution is 5.80. The van der Waals surface area contributed by atoms with Gasteiger partial charge in [0.15, 0.2) is 0 Å². The Labute approximate surface area is 105 Å². The van der Waals surface area contributed by atoms with Crippen molar-refractivity contribution < 1.29 is 14.6 Å². The first-order chi connectivity index (χ1) is 7.84. The number of ether oxygens (including phenoxy) is 1. The number of aliphatic hydroxyl groups excluding tert-OH is 1. The van der Waals surface area contributed by atoms with E-state index in [1.807, 2.05) is 13.8 Å². The lowest BCUT2D eigenvalue weighted by atomic mass is 10.1. The molecule has 0 aromatic heterocycles. The van der Waals surface area contributed by atoms with Crippen molar-refractivity contribution in [2.45, 2.75) is 53.2 Å². The lowest BCUT2D eigenvalue weighted by Gasteiger charge is -2.18. The van der Waals surface area contributed by atoms with Crippen LogP contribution in [0, 0.1) is 11.8 Å². The molecule has 2 unspecified atom stereocenters. The van der Waals surface area contributed by atoms with Crippen molar-refractivity contribution in [2.75, 3.05) is 13.2 Å². The minimum atomic E-state index is -0.498.